The number of hydrogen-bond acceptors (Lipinski definition) is 3. The summed E-state index contributed by atoms with van der Waals surface area (Å²) in [5.41, 5.74) is 19.0. The maximum Gasteiger partial charge on any atom is 0.187 e. The van der Waals surface area contributed by atoms with Crippen molar-refractivity contribution in [3.63, 3.8) is 0 Å². The Labute approximate surface area is 390 Å². The summed E-state index contributed by atoms with van der Waals surface area (Å²) >= 11 is 0. The van der Waals surface area contributed by atoms with Gasteiger partial charge in [0.25, 0.3) is 0 Å². The van der Waals surface area contributed by atoms with Crippen LogP contribution in [0.3, 0.4) is 0 Å². The van der Waals surface area contributed by atoms with Gasteiger partial charge in [-0.2, -0.15) is 5.26 Å². The van der Waals surface area contributed by atoms with E-state index in [1.165, 1.54) is 22.3 Å². The van der Waals surface area contributed by atoms with Crippen molar-refractivity contribution in [2.45, 2.75) is 13.8 Å². The maximum absolute atomic E-state index is 10.3. The third-order valence-electron chi connectivity index (χ3n) is 12.7. The number of nitrogens with zero attached hydrogens (tertiary/aromatic N) is 5. The molecule has 0 aliphatic carbocycles. The molecule has 0 aliphatic heterocycles. The number of fused-ring (bicyclic) bond motifs is 3. The van der Waals surface area contributed by atoms with Crippen molar-refractivity contribution in [1.29, 1.82) is 5.26 Å². The highest BCUT2D eigenvalue weighted by atomic mass is 15.0. The van der Waals surface area contributed by atoms with Crippen molar-refractivity contribution < 1.29 is 0 Å². The summed E-state index contributed by atoms with van der Waals surface area (Å²) in [7, 11) is 0. The number of benzene rings is 9. The molecule has 0 N–H and O–H groups in total. The highest BCUT2D eigenvalue weighted by Gasteiger charge is 2.24. The highest BCUT2D eigenvalue weighted by molar-refractivity contribution is 6.13. The summed E-state index contributed by atoms with van der Waals surface area (Å²) < 4.78 is 2.38. The van der Waals surface area contributed by atoms with E-state index in [4.69, 9.17) is 16.5 Å². The average molecular weight is 856 g/mol. The Morgan fingerprint density at radius 3 is 1.43 bits per heavy atom. The van der Waals surface area contributed by atoms with Crippen LogP contribution >= 0.6 is 0 Å². The topological polar surface area (TPSA) is 58.9 Å². The predicted octanol–water partition coefficient (Wildman–Crippen LogP) is 16.3. The molecule has 0 saturated heterocycles. The van der Waals surface area contributed by atoms with E-state index in [-0.39, 0.29) is 0 Å². The lowest BCUT2D eigenvalue weighted by atomic mass is 9.91. The van der Waals surface area contributed by atoms with Gasteiger partial charge in [0.15, 0.2) is 11.5 Å². The lowest BCUT2D eigenvalue weighted by Gasteiger charge is -2.21. The van der Waals surface area contributed by atoms with Crippen molar-refractivity contribution in [2.75, 3.05) is 0 Å². The summed E-state index contributed by atoms with van der Waals surface area (Å²) in [6.45, 7) is 12.4. The standard InChI is InChI=1S/C62H41N5/c1-40-16-10-12-26-51(40)47-28-30-59-55(34-47)56-35-48(52-27-13-11-17-41(52)2)29-31-60(56)67(59)61-53(45-23-14-18-42(32-45)39-63)36-49(37-54(61)46-24-15-25-50(33-46)64-3)62-65-57(43-19-6-4-7-20-43)38-58(66-62)44-21-8-5-9-22-44/h4-38H,1-2H3. The molecule has 2 heterocycles. The Hall–Kier alpha value is -9.16. The molecule has 0 saturated carbocycles. The normalized spacial score (nSPS) is 11.1. The first-order valence-electron chi connectivity index (χ1n) is 22.3. The third kappa shape index (κ3) is 7.51. The molecule has 5 nitrogen and oxygen atoms in total. The van der Waals surface area contributed by atoms with Crippen LogP contribution in [-0.2, 0) is 0 Å². The second kappa shape index (κ2) is 17.1. The fourth-order valence-electron chi connectivity index (χ4n) is 9.43. The molecule has 0 aliphatic rings. The molecule has 0 bridgehead atoms. The summed E-state index contributed by atoms with van der Waals surface area (Å²) in [5.74, 6) is 0.556. The van der Waals surface area contributed by atoms with E-state index >= 15 is 0 Å². The zero-order chi connectivity index (χ0) is 45.4. The van der Waals surface area contributed by atoms with E-state index in [1.807, 2.05) is 72.8 Å². The van der Waals surface area contributed by atoms with E-state index in [1.54, 1.807) is 0 Å². The first-order chi connectivity index (χ1) is 32.9. The highest BCUT2D eigenvalue weighted by Crippen LogP contribution is 2.46. The molecule has 0 fully saturated rings. The van der Waals surface area contributed by atoms with Crippen LogP contribution < -0.4 is 0 Å². The molecule has 0 unspecified atom stereocenters. The van der Waals surface area contributed by atoms with Crippen LogP contribution in [0, 0.1) is 31.8 Å². The van der Waals surface area contributed by atoms with Gasteiger partial charge < -0.3 is 4.57 Å². The van der Waals surface area contributed by atoms with Gasteiger partial charge in [0, 0.05) is 38.6 Å². The van der Waals surface area contributed by atoms with Gasteiger partial charge in [-0.1, -0.05) is 152 Å². The molecule has 0 amide bonds. The number of nitriles is 1. The number of hydrogen-bond donors (Lipinski definition) is 0. The van der Waals surface area contributed by atoms with Crippen LogP contribution in [0.5, 0.6) is 0 Å². The van der Waals surface area contributed by atoms with E-state index in [0.29, 0.717) is 17.1 Å². The summed E-state index contributed by atoms with van der Waals surface area (Å²) in [5, 5.41) is 12.5. The molecular formula is C62H41N5. The van der Waals surface area contributed by atoms with Crippen LogP contribution in [0.4, 0.5) is 5.69 Å². The lowest BCUT2D eigenvalue weighted by Crippen LogP contribution is -2.03. The number of rotatable bonds is 8. The monoisotopic (exact) mass is 855 g/mol. The average Bonchev–Trinajstić information content (AvgIpc) is 3.71. The Bertz CT molecular complexity index is 3550. The first kappa shape index (κ1) is 40.6. The Balaban J connectivity index is 1.28. The molecule has 314 valence electrons. The van der Waals surface area contributed by atoms with Gasteiger partial charge in [0.1, 0.15) is 0 Å². The smallest absolute Gasteiger partial charge is 0.187 e. The Kier molecular flexibility index (Phi) is 10.4. The van der Waals surface area contributed by atoms with E-state index in [0.717, 1.165) is 89.0 Å². The molecule has 11 aromatic rings. The van der Waals surface area contributed by atoms with Gasteiger partial charge in [-0.3, -0.25) is 0 Å². The minimum absolute atomic E-state index is 0.531. The molecule has 67 heavy (non-hydrogen) atoms. The van der Waals surface area contributed by atoms with Crippen molar-refractivity contribution >= 4 is 27.5 Å². The molecular weight excluding hydrogens is 815 g/mol. The van der Waals surface area contributed by atoms with E-state index in [9.17, 15) is 5.26 Å². The fourth-order valence-corrected chi connectivity index (χ4v) is 9.43. The minimum Gasteiger partial charge on any atom is -0.308 e. The second-order valence-corrected chi connectivity index (χ2v) is 16.9. The molecule has 0 radical (unpaired) electrons. The summed E-state index contributed by atoms with van der Waals surface area (Å²) in [4.78, 5) is 14.5. The van der Waals surface area contributed by atoms with Gasteiger partial charge in [0.2, 0.25) is 0 Å². The Morgan fingerprint density at radius 1 is 0.433 bits per heavy atom. The van der Waals surface area contributed by atoms with Crippen molar-refractivity contribution in [3.8, 4) is 90.2 Å². The van der Waals surface area contributed by atoms with Crippen molar-refractivity contribution in [2.24, 2.45) is 0 Å². The van der Waals surface area contributed by atoms with E-state index in [2.05, 4.69) is 169 Å². The van der Waals surface area contributed by atoms with Crippen LogP contribution in [-0.4, -0.2) is 14.5 Å². The van der Waals surface area contributed by atoms with E-state index < -0.39 is 0 Å². The quantitative estimate of drug-likeness (QED) is 0.143. The number of aryl methyl sites for hydroxylation is 2. The summed E-state index contributed by atoms with van der Waals surface area (Å²) in [6, 6.07) is 75.5. The third-order valence-corrected chi connectivity index (χ3v) is 12.7. The molecule has 0 atom stereocenters. The largest absolute Gasteiger partial charge is 0.308 e. The molecule has 11 rings (SSSR count). The van der Waals surface area contributed by atoms with Gasteiger partial charge in [-0.25, -0.2) is 14.8 Å². The SMILES string of the molecule is [C-]#[N+]c1cccc(-c2cc(-c3nc(-c4ccccc4)cc(-c4ccccc4)n3)cc(-c3cccc(C#N)c3)c2-n2c3ccc(-c4ccccc4C)cc3c3cc(-c4ccccc4C)ccc32)c1. The van der Waals surface area contributed by atoms with Gasteiger partial charge in [0.05, 0.1) is 46.3 Å². The second-order valence-electron chi connectivity index (χ2n) is 16.9. The van der Waals surface area contributed by atoms with Crippen LogP contribution in [0.2, 0.25) is 0 Å². The van der Waals surface area contributed by atoms with Crippen LogP contribution in [0.1, 0.15) is 16.7 Å². The number of aromatic nitrogens is 3. The zero-order valence-electron chi connectivity index (χ0n) is 36.9. The lowest BCUT2D eigenvalue weighted by molar-refractivity contribution is 1.17. The maximum atomic E-state index is 10.3. The molecule has 0 spiro atoms. The molecule has 5 heteroatoms. The van der Waals surface area contributed by atoms with Crippen molar-refractivity contribution in [1.82, 2.24) is 14.5 Å². The fraction of sp³-hybridized carbons (Fsp3) is 0.0323. The molecule has 2 aromatic heterocycles. The predicted molar refractivity (Wildman–Crippen MR) is 275 cm³/mol. The Morgan fingerprint density at radius 2 is 0.910 bits per heavy atom. The van der Waals surface area contributed by atoms with Crippen LogP contribution in [0.15, 0.2) is 212 Å². The van der Waals surface area contributed by atoms with Crippen LogP contribution in [0.25, 0.3) is 111 Å². The van der Waals surface area contributed by atoms with Gasteiger partial charge in [-0.15, -0.1) is 0 Å². The summed E-state index contributed by atoms with van der Waals surface area (Å²) in [6.07, 6.45) is 0. The van der Waals surface area contributed by atoms with Gasteiger partial charge >= 0.3 is 0 Å². The van der Waals surface area contributed by atoms with Crippen molar-refractivity contribution in [3.05, 3.63) is 240 Å². The zero-order valence-corrected chi connectivity index (χ0v) is 36.9. The molecule has 9 aromatic carbocycles. The van der Waals surface area contributed by atoms with Gasteiger partial charge in [-0.05, 0) is 119 Å². The first-order valence-corrected chi connectivity index (χ1v) is 22.3. The minimum atomic E-state index is 0.531.